The second kappa shape index (κ2) is 8.34. The summed E-state index contributed by atoms with van der Waals surface area (Å²) < 4.78 is 0. The van der Waals surface area contributed by atoms with Crippen LogP contribution in [-0.4, -0.2) is 42.2 Å². The van der Waals surface area contributed by atoms with Gasteiger partial charge in [0.15, 0.2) is 0 Å². The molecule has 1 aromatic carbocycles. The van der Waals surface area contributed by atoms with Crippen molar-refractivity contribution in [3.63, 3.8) is 0 Å². The highest BCUT2D eigenvalue weighted by Gasteiger charge is 2.23. The number of anilines is 1. The Hall–Kier alpha value is -1.81. The van der Waals surface area contributed by atoms with Crippen LogP contribution in [-0.2, 0) is 0 Å². The number of aliphatic hydroxyl groups excluding tert-OH is 1. The van der Waals surface area contributed by atoms with Crippen LogP contribution in [0.1, 0.15) is 42.5 Å². The molecular formula is C20H28N2O2. The predicted octanol–water partition coefficient (Wildman–Crippen LogP) is 3.30. The smallest absolute Gasteiger partial charge is 0.253 e. The van der Waals surface area contributed by atoms with E-state index in [2.05, 4.69) is 17.5 Å². The zero-order chi connectivity index (χ0) is 16.8. The number of benzene rings is 1. The number of carbonyl (C=O) groups is 1. The summed E-state index contributed by atoms with van der Waals surface area (Å²) in [5.74, 6) is 1.15. The number of aliphatic hydroxyl groups is 1. The van der Waals surface area contributed by atoms with Crippen molar-refractivity contribution in [1.29, 1.82) is 0 Å². The van der Waals surface area contributed by atoms with Gasteiger partial charge in [0, 0.05) is 37.5 Å². The summed E-state index contributed by atoms with van der Waals surface area (Å²) >= 11 is 0. The van der Waals surface area contributed by atoms with Crippen LogP contribution in [0.5, 0.6) is 0 Å². The standard InChI is InChI=1S/C20H28N2O2/c23-15-17-9-11-22(12-10-17)20(24)18-7-4-8-19(13-18)21-14-16-5-2-1-3-6-16/h1-2,4,7-8,13,16-17,21,23H,3,5-6,9-12,14-15H2/t16-/m1/s1. The second-order valence-corrected chi connectivity index (χ2v) is 7.03. The molecule has 0 unspecified atom stereocenters. The zero-order valence-electron chi connectivity index (χ0n) is 14.3. The van der Waals surface area contributed by atoms with Crippen molar-refractivity contribution in [3.8, 4) is 0 Å². The maximum atomic E-state index is 12.7. The van der Waals surface area contributed by atoms with E-state index in [4.69, 9.17) is 0 Å². The molecule has 1 saturated heterocycles. The minimum atomic E-state index is 0.107. The summed E-state index contributed by atoms with van der Waals surface area (Å²) in [6.45, 7) is 2.69. The lowest BCUT2D eigenvalue weighted by molar-refractivity contribution is 0.0651. The van der Waals surface area contributed by atoms with E-state index in [9.17, 15) is 9.90 Å². The largest absolute Gasteiger partial charge is 0.396 e. The van der Waals surface area contributed by atoms with Gasteiger partial charge in [-0.25, -0.2) is 0 Å². The number of hydrogen-bond donors (Lipinski definition) is 2. The molecule has 1 amide bonds. The van der Waals surface area contributed by atoms with Gasteiger partial charge in [0.2, 0.25) is 0 Å². The molecule has 3 rings (SSSR count). The van der Waals surface area contributed by atoms with Gasteiger partial charge < -0.3 is 15.3 Å². The molecule has 0 spiro atoms. The number of amides is 1. The lowest BCUT2D eigenvalue weighted by Crippen LogP contribution is -2.39. The minimum Gasteiger partial charge on any atom is -0.396 e. The first kappa shape index (κ1) is 17.0. The Kier molecular flexibility index (Phi) is 5.91. The van der Waals surface area contributed by atoms with Gasteiger partial charge in [0.05, 0.1) is 0 Å². The SMILES string of the molecule is O=C(c1cccc(NC[C@@H]2CC=CCC2)c1)N1CCC(CO)CC1. The minimum absolute atomic E-state index is 0.107. The quantitative estimate of drug-likeness (QED) is 0.816. The average molecular weight is 328 g/mol. The van der Waals surface area contributed by atoms with Gasteiger partial charge in [0.25, 0.3) is 5.91 Å². The average Bonchev–Trinajstić information content (AvgIpc) is 2.67. The van der Waals surface area contributed by atoms with Crippen LogP contribution in [0.2, 0.25) is 0 Å². The Morgan fingerprint density at radius 1 is 1.17 bits per heavy atom. The Balaban J connectivity index is 1.56. The van der Waals surface area contributed by atoms with E-state index in [1.54, 1.807) is 0 Å². The normalized spacial score (nSPS) is 21.7. The molecule has 1 aromatic rings. The van der Waals surface area contributed by atoms with Gasteiger partial charge in [-0.05, 0) is 62.1 Å². The lowest BCUT2D eigenvalue weighted by atomic mass is 9.94. The molecule has 0 saturated carbocycles. The van der Waals surface area contributed by atoms with Crippen LogP contribution in [0.15, 0.2) is 36.4 Å². The third-order valence-electron chi connectivity index (χ3n) is 5.24. The molecule has 0 aromatic heterocycles. The Bertz CT molecular complexity index is 577. The van der Waals surface area contributed by atoms with Crippen molar-refractivity contribution >= 4 is 11.6 Å². The van der Waals surface area contributed by atoms with E-state index in [1.165, 1.54) is 12.8 Å². The number of nitrogens with one attached hydrogen (secondary N) is 1. The molecule has 0 bridgehead atoms. The number of likely N-dealkylation sites (tertiary alicyclic amines) is 1. The zero-order valence-corrected chi connectivity index (χ0v) is 14.3. The third kappa shape index (κ3) is 4.38. The molecule has 0 radical (unpaired) electrons. The molecule has 1 fully saturated rings. The van der Waals surface area contributed by atoms with Gasteiger partial charge in [-0.15, -0.1) is 0 Å². The summed E-state index contributed by atoms with van der Waals surface area (Å²) in [5.41, 5.74) is 1.78. The van der Waals surface area contributed by atoms with Crippen molar-refractivity contribution in [2.75, 3.05) is 31.6 Å². The molecule has 24 heavy (non-hydrogen) atoms. The van der Waals surface area contributed by atoms with Crippen LogP contribution in [0.3, 0.4) is 0 Å². The molecule has 2 N–H and O–H groups in total. The molecule has 130 valence electrons. The van der Waals surface area contributed by atoms with Gasteiger partial charge >= 0.3 is 0 Å². The van der Waals surface area contributed by atoms with Gasteiger partial charge in [0.1, 0.15) is 0 Å². The molecule has 1 aliphatic heterocycles. The molecule has 1 heterocycles. The van der Waals surface area contributed by atoms with Gasteiger partial charge in [-0.1, -0.05) is 18.2 Å². The predicted molar refractivity (Wildman–Crippen MR) is 97.1 cm³/mol. The van der Waals surface area contributed by atoms with Crippen LogP contribution in [0.25, 0.3) is 0 Å². The van der Waals surface area contributed by atoms with Crippen molar-refractivity contribution in [3.05, 3.63) is 42.0 Å². The van der Waals surface area contributed by atoms with Crippen LogP contribution in [0, 0.1) is 11.8 Å². The molecule has 2 aliphatic rings. The highest BCUT2D eigenvalue weighted by molar-refractivity contribution is 5.95. The highest BCUT2D eigenvalue weighted by atomic mass is 16.3. The summed E-state index contributed by atoms with van der Waals surface area (Å²) in [7, 11) is 0. The number of carbonyl (C=O) groups excluding carboxylic acids is 1. The number of nitrogens with zero attached hydrogens (tertiary/aromatic N) is 1. The molecule has 1 aliphatic carbocycles. The molecule has 4 nitrogen and oxygen atoms in total. The van der Waals surface area contributed by atoms with E-state index in [0.29, 0.717) is 11.8 Å². The Morgan fingerprint density at radius 2 is 2.00 bits per heavy atom. The number of hydrogen-bond acceptors (Lipinski definition) is 3. The van der Waals surface area contributed by atoms with Crippen LogP contribution >= 0.6 is 0 Å². The highest BCUT2D eigenvalue weighted by Crippen LogP contribution is 2.21. The molecule has 1 atom stereocenters. The lowest BCUT2D eigenvalue weighted by Gasteiger charge is -2.31. The summed E-state index contributed by atoms with van der Waals surface area (Å²) in [6, 6.07) is 7.86. The third-order valence-corrected chi connectivity index (χ3v) is 5.24. The maximum absolute atomic E-state index is 12.7. The number of piperidine rings is 1. The topological polar surface area (TPSA) is 52.6 Å². The molecule has 4 heteroatoms. The first-order valence-electron chi connectivity index (χ1n) is 9.15. The second-order valence-electron chi connectivity index (χ2n) is 7.03. The van der Waals surface area contributed by atoms with Gasteiger partial charge in [-0.2, -0.15) is 0 Å². The summed E-state index contributed by atoms with van der Waals surface area (Å²) in [4.78, 5) is 14.6. The van der Waals surface area contributed by atoms with E-state index in [-0.39, 0.29) is 12.5 Å². The first-order chi connectivity index (χ1) is 11.8. The van der Waals surface area contributed by atoms with Crippen molar-refractivity contribution < 1.29 is 9.90 Å². The van der Waals surface area contributed by atoms with E-state index in [1.807, 2.05) is 29.2 Å². The number of allylic oxidation sites excluding steroid dienone is 2. The van der Waals surface area contributed by atoms with Crippen molar-refractivity contribution in [2.24, 2.45) is 11.8 Å². The van der Waals surface area contributed by atoms with E-state index in [0.717, 1.165) is 50.1 Å². The Labute approximate surface area is 144 Å². The van der Waals surface area contributed by atoms with Crippen LogP contribution < -0.4 is 5.32 Å². The summed E-state index contributed by atoms with van der Waals surface area (Å²) in [5, 5.41) is 12.7. The van der Waals surface area contributed by atoms with Gasteiger partial charge in [-0.3, -0.25) is 4.79 Å². The van der Waals surface area contributed by atoms with Crippen molar-refractivity contribution in [2.45, 2.75) is 32.1 Å². The molecular weight excluding hydrogens is 300 g/mol. The number of rotatable bonds is 5. The van der Waals surface area contributed by atoms with E-state index < -0.39 is 0 Å². The fraction of sp³-hybridized carbons (Fsp3) is 0.550. The fourth-order valence-corrected chi connectivity index (χ4v) is 3.57. The summed E-state index contributed by atoms with van der Waals surface area (Å²) in [6.07, 6.45) is 9.88. The monoisotopic (exact) mass is 328 g/mol. The Morgan fingerprint density at radius 3 is 2.71 bits per heavy atom. The fourth-order valence-electron chi connectivity index (χ4n) is 3.57. The van der Waals surface area contributed by atoms with Crippen molar-refractivity contribution in [1.82, 2.24) is 4.90 Å². The maximum Gasteiger partial charge on any atom is 0.253 e. The first-order valence-corrected chi connectivity index (χ1v) is 9.15. The van der Waals surface area contributed by atoms with E-state index >= 15 is 0 Å². The van der Waals surface area contributed by atoms with Crippen LogP contribution in [0.4, 0.5) is 5.69 Å².